The summed E-state index contributed by atoms with van der Waals surface area (Å²) in [6.45, 7) is 2.97. The number of ether oxygens (including phenoxy) is 2. The number of nitrogens with one attached hydrogen (secondary N) is 1. The Kier molecular flexibility index (Phi) is 4.02. The van der Waals surface area contributed by atoms with Gasteiger partial charge in [0.25, 0.3) is 0 Å². The van der Waals surface area contributed by atoms with Crippen molar-refractivity contribution in [3.8, 4) is 5.75 Å². The molecule has 0 heterocycles. The maximum absolute atomic E-state index is 5.36. The Balaban J connectivity index is 1.88. The largest absolute Gasteiger partial charge is 0.496 e. The lowest BCUT2D eigenvalue weighted by Gasteiger charge is -2.35. The van der Waals surface area contributed by atoms with Crippen LogP contribution in [-0.4, -0.2) is 26.4 Å². The van der Waals surface area contributed by atoms with Crippen LogP contribution in [0, 0.1) is 6.92 Å². The standard InChI is InChI=1S/C14H21NO2/c1-10-4-5-14(17-3)11(6-10)9-15-12-7-13(8-12)16-2/h4-6,12-13,15H,7-9H2,1-3H3. The Morgan fingerprint density at radius 1 is 1.29 bits per heavy atom. The van der Waals surface area contributed by atoms with Gasteiger partial charge in [-0.15, -0.1) is 0 Å². The number of aryl methyl sites for hydroxylation is 1. The zero-order chi connectivity index (χ0) is 12.3. The molecular weight excluding hydrogens is 214 g/mol. The maximum Gasteiger partial charge on any atom is 0.123 e. The second-order valence-corrected chi connectivity index (χ2v) is 4.72. The third kappa shape index (κ3) is 2.99. The van der Waals surface area contributed by atoms with Gasteiger partial charge >= 0.3 is 0 Å². The fraction of sp³-hybridized carbons (Fsp3) is 0.571. The molecule has 0 aromatic heterocycles. The Hall–Kier alpha value is -1.06. The van der Waals surface area contributed by atoms with Crippen molar-refractivity contribution in [2.45, 2.75) is 38.5 Å². The van der Waals surface area contributed by atoms with E-state index >= 15 is 0 Å². The summed E-state index contributed by atoms with van der Waals surface area (Å²) in [5.41, 5.74) is 2.50. The zero-order valence-electron chi connectivity index (χ0n) is 10.8. The van der Waals surface area contributed by atoms with Crippen molar-refractivity contribution in [1.82, 2.24) is 5.32 Å². The second-order valence-electron chi connectivity index (χ2n) is 4.72. The molecule has 0 atom stereocenters. The maximum atomic E-state index is 5.36. The smallest absolute Gasteiger partial charge is 0.123 e. The summed E-state index contributed by atoms with van der Waals surface area (Å²) >= 11 is 0. The van der Waals surface area contributed by atoms with Crippen LogP contribution in [0.25, 0.3) is 0 Å². The van der Waals surface area contributed by atoms with E-state index in [0.29, 0.717) is 12.1 Å². The number of benzene rings is 1. The summed E-state index contributed by atoms with van der Waals surface area (Å²) in [6, 6.07) is 6.88. The quantitative estimate of drug-likeness (QED) is 0.849. The van der Waals surface area contributed by atoms with Gasteiger partial charge in [-0.05, 0) is 25.8 Å². The van der Waals surface area contributed by atoms with Gasteiger partial charge in [0, 0.05) is 25.3 Å². The van der Waals surface area contributed by atoms with Crippen LogP contribution in [0.3, 0.4) is 0 Å². The topological polar surface area (TPSA) is 30.5 Å². The van der Waals surface area contributed by atoms with E-state index in [1.54, 1.807) is 14.2 Å². The molecule has 0 aliphatic heterocycles. The van der Waals surface area contributed by atoms with E-state index in [1.165, 1.54) is 11.1 Å². The Bertz CT molecular complexity index is 372. The second kappa shape index (κ2) is 5.52. The van der Waals surface area contributed by atoms with E-state index in [0.717, 1.165) is 25.1 Å². The summed E-state index contributed by atoms with van der Waals surface area (Å²) in [5, 5.41) is 3.54. The number of hydrogen-bond acceptors (Lipinski definition) is 3. The first-order valence-corrected chi connectivity index (χ1v) is 6.12. The predicted octanol–water partition coefficient (Wildman–Crippen LogP) is 2.27. The molecule has 0 unspecified atom stereocenters. The molecule has 0 saturated heterocycles. The van der Waals surface area contributed by atoms with Crippen molar-refractivity contribution in [3.63, 3.8) is 0 Å². The van der Waals surface area contributed by atoms with E-state index in [-0.39, 0.29) is 0 Å². The van der Waals surface area contributed by atoms with Crippen LogP contribution in [0.1, 0.15) is 24.0 Å². The highest BCUT2D eigenvalue weighted by atomic mass is 16.5. The van der Waals surface area contributed by atoms with Gasteiger partial charge in [-0.2, -0.15) is 0 Å². The van der Waals surface area contributed by atoms with E-state index in [9.17, 15) is 0 Å². The van der Waals surface area contributed by atoms with Crippen LogP contribution in [0.15, 0.2) is 18.2 Å². The summed E-state index contributed by atoms with van der Waals surface area (Å²) in [4.78, 5) is 0. The fourth-order valence-electron chi connectivity index (χ4n) is 2.22. The lowest BCUT2D eigenvalue weighted by Crippen LogP contribution is -2.44. The van der Waals surface area contributed by atoms with Gasteiger partial charge < -0.3 is 14.8 Å². The van der Waals surface area contributed by atoms with Crippen LogP contribution in [-0.2, 0) is 11.3 Å². The average Bonchev–Trinajstić information content (AvgIpc) is 2.27. The summed E-state index contributed by atoms with van der Waals surface area (Å²) in [7, 11) is 3.50. The van der Waals surface area contributed by atoms with E-state index < -0.39 is 0 Å². The fourth-order valence-corrected chi connectivity index (χ4v) is 2.22. The molecular formula is C14H21NO2. The van der Waals surface area contributed by atoms with Crippen molar-refractivity contribution in [3.05, 3.63) is 29.3 Å². The van der Waals surface area contributed by atoms with Crippen molar-refractivity contribution in [2.24, 2.45) is 0 Å². The number of methoxy groups -OCH3 is 2. The molecule has 1 aliphatic rings. The SMILES string of the molecule is COc1ccc(C)cc1CNC1CC(OC)C1. The van der Waals surface area contributed by atoms with Crippen molar-refractivity contribution < 1.29 is 9.47 Å². The minimum absolute atomic E-state index is 0.451. The first-order valence-electron chi connectivity index (χ1n) is 6.12. The van der Waals surface area contributed by atoms with Gasteiger partial charge in [0.2, 0.25) is 0 Å². The zero-order valence-corrected chi connectivity index (χ0v) is 10.8. The van der Waals surface area contributed by atoms with Gasteiger partial charge in [-0.25, -0.2) is 0 Å². The third-order valence-corrected chi connectivity index (χ3v) is 3.45. The van der Waals surface area contributed by atoms with Crippen LogP contribution in [0.5, 0.6) is 5.75 Å². The van der Waals surface area contributed by atoms with Gasteiger partial charge in [-0.1, -0.05) is 17.7 Å². The van der Waals surface area contributed by atoms with Gasteiger partial charge in [0.15, 0.2) is 0 Å². The number of rotatable bonds is 5. The number of hydrogen-bond donors (Lipinski definition) is 1. The highest BCUT2D eigenvalue weighted by Gasteiger charge is 2.28. The van der Waals surface area contributed by atoms with Crippen molar-refractivity contribution in [2.75, 3.05) is 14.2 Å². The van der Waals surface area contributed by atoms with E-state index in [1.807, 2.05) is 6.07 Å². The highest BCUT2D eigenvalue weighted by Crippen LogP contribution is 2.24. The van der Waals surface area contributed by atoms with Gasteiger partial charge in [0.1, 0.15) is 5.75 Å². The van der Waals surface area contributed by atoms with Gasteiger partial charge in [0.05, 0.1) is 13.2 Å². The molecule has 0 radical (unpaired) electrons. The minimum atomic E-state index is 0.451. The minimum Gasteiger partial charge on any atom is -0.496 e. The molecule has 1 aromatic rings. The Labute approximate surface area is 103 Å². The molecule has 0 spiro atoms. The van der Waals surface area contributed by atoms with Crippen molar-refractivity contribution >= 4 is 0 Å². The summed E-state index contributed by atoms with van der Waals surface area (Å²) in [6.07, 6.45) is 2.68. The normalized spacial score (nSPS) is 23.2. The summed E-state index contributed by atoms with van der Waals surface area (Å²) < 4.78 is 10.6. The third-order valence-electron chi connectivity index (χ3n) is 3.45. The average molecular weight is 235 g/mol. The first-order chi connectivity index (χ1) is 8.22. The molecule has 2 rings (SSSR count). The molecule has 94 valence electrons. The van der Waals surface area contributed by atoms with E-state index in [2.05, 4.69) is 24.4 Å². The first kappa shape index (κ1) is 12.4. The van der Waals surface area contributed by atoms with Crippen LogP contribution >= 0.6 is 0 Å². The lowest BCUT2D eigenvalue weighted by atomic mass is 9.89. The monoisotopic (exact) mass is 235 g/mol. The molecule has 3 nitrogen and oxygen atoms in total. The molecule has 1 aliphatic carbocycles. The highest BCUT2D eigenvalue weighted by molar-refractivity contribution is 5.36. The molecule has 1 N–H and O–H groups in total. The summed E-state index contributed by atoms with van der Waals surface area (Å²) in [5.74, 6) is 0.964. The molecule has 1 aromatic carbocycles. The molecule has 17 heavy (non-hydrogen) atoms. The van der Waals surface area contributed by atoms with Crippen LogP contribution in [0.2, 0.25) is 0 Å². The van der Waals surface area contributed by atoms with Crippen LogP contribution in [0.4, 0.5) is 0 Å². The van der Waals surface area contributed by atoms with E-state index in [4.69, 9.17) is 9.47 Å². The van der Waals surface area contributed by atoms with Gasteiger partial charge in [-0.3, -0.25) is 0 Å². The molecule has 1 saturated carbocycles. The Morgan fingerprint density at radius 3 is 2.71 bits per heavy atom. The molecule has 1 fully saturated rings. The predicted molar refractivity (Wildman–Crippen MR) is 68.4 cm³/mol. The van der Waals surface area contributed by atoms with Crippen LogP contribution < -0.4 is 10.1 Å². The molecule has 3 heteroatoms. The molecule has 0 amide bonds. The lowest BCUT2D eigenvalue weighted by molar-refractivity contribution is 0.0169. The Morgan fingerprint density at radius 2 is 2.06 bits per heavy atom. The molecule has 0 bridgehead atoms. The van der Waals surface area contributed by atoms with Crippen molar-refractivity contribution in [1.29, 1.82) is 0 Å².